The van der Waals surface area contributed by atoms with E-state index in [1.54, 1.807) is 0 Å². The number of esters is 1. The summed E-state index contributed by atoms with van der Waals surface area (Å²) in [5.74, 6) is -0.141. The van der Waals surface area contributed by atoms with Crippen molar-refractivity contribution in [1.82, 2.24) is 0 Å². The van der Waals surface area contributed by atoms with Crippen molar-refractivity contribution < 1.29 is 9.53 Å². The molecule has 0 atom stereocenters. The van der Waals surface area contributed by atoms with E-state index < -0.39 is 0 Å². The van der Waals surface area contributed by atoms with E-state index in [2.05, 4.69) is 13.5 Å². The highest BCUT2D eigenvalue weighted by Crippen LogP contribution is 2.19. The number of rotatable bonds is 56. The van der Waals surface area contributed by atoms with Crippen LogP contribution in [0.4, 0.5) is 0 Å². The monoisotopic (exact) mass is 857 g/mol. The molecule has 2 nitrogen and oxygen atoms in total. The fourth-order valence-electron chi connectivity index (χ4n) is 9.69. The normalized spacial score (nSPS) is 11.5. The standard InChI is InChI=1S/C59H116O2/c1-3-5-6-7-8-9-10-11-12-13-14-15-16-17-18-19-20-21-22-23-24-25-26-27-28-29-30-31-32-33-34-35-36-37-38-39-40-41-42-43-44-45-46-47-48-49-50-51-52-53-54-55-56-57-58-59(60)61-4-2/h4H,2-3,5-58H2,1H3. The van der Waals surface area contributed by atoms with Crippen LogP contribution in [0.1, 0.15) is 360 Å². The van der Waals surface area contributed by atoms with Gasteiger partial charge >= 0.3 is 5.97 Å². The van der Waals surface area contributed by atoms with Crippen molar-refractivity contribution in [3.05, 3.63) is 12.8 Å². The lowest BCUT2D eigenvalue weighted by Crippen LogP contribution is -1.98. The van der Waals surface area contributed by atoms with Gasteiger partial charge in [-0.3, -0.25) is 4.79 Å². The molecule has 0 saturated heterocycles. The van der Waals surface area contributed by atoms with Crippen LogP contribution in [0.15, 0.2) is 12.8 Å². The summed E-state index contributed by atoms with van der Waals surface area (Å²) < 4.78 is 4.76. The van der Waals surface area contributed by atoms with Gasteiger partial charge in [-0.25, -0.2) is 0 Å². The smallest absolute Gasteiger partial charge is 0.310 e. The molecule has 0 bridgehead atoms. The minimum atomic E-state index is -0.141. The van der Waals surface area contributed by atoms with Gasteiger partial charge in [-0.15, -0.1) is 0 Å². The Bertz CT molecular complexity index is 790. The van der Waals surface area contributed by atoms with E-state index in [9.17, 15) is 4.79 Å². The summed E-state index contributed by atoms with van der Waals surface area (Å²) in [6.45, 7) is 5.74. The molecule has 0 radical (unpaired) electrons. The molecule has 2 heteroatoms. The van der Waals surface area contributed by atoms with E-state index >= 15 is 0 Å². The summed E-state index contributed by atoms with van der Waals surface area (Å²) in [5.41, 5.74) is 0. The van der Waals surface area contributed by atoms with Crippen molar-refractivity contribution in [2.24, 2.45) is 0 Å². The highest BCUT2D eigenvalue weighted by molar-refractivity contribution is 5.69. The third-order valence-corrected chi connectivity index (χ3v) is 13.9. The summed E-state index contributed by atoms with van der Waals surface area (Å²) in [6, 6.07) is 0. The predicted octanol–water partition coefficient (Wildman–Crippen LogP) is 22.1. The van der Waals surface area contributed by atoms with Gasteiger partial charge in [-0.1, -0.05) is 354 Å². The van der Waals surface area contributed by atoms with E-state index in [0.29, 0.717) is 6.42 Å². The zero-order chi connectivity index (χ0) is 43.9. The van der Waals surface area contributed by atoms with Crippen molar-refractivity contribution in [3.8, 4) is 0 Å². The SMILES string of the molecule is C=COC(=O)CCCCCCCCCCCCCCCCCCCCCCCCCCCCCCCCCCCCCCCCCCCCCCCCCCCCCCCC. The lowest BCUT2D eigenvalue weighted by Gasteiger charge is -2.05. The lowest BCUT2D eigenvalue weighted by atomic mass is 10.0. The number of hydrogen-bond donors (Lipinski definition) is 0. The first-order valence-electron chi connectivity index (χ1n) is 29.1. The quantitative estimate of drug-likeness (QED) is 0.0346. The minimum absolute atomic E-state index is 0.141. The van der Waals surface area contributed by atoms with Gasteiger partial charge in [-0.2, -0.15) is 0 Å². The number of ether oxygens (including phenoxy) is 1. The first kappa shape index (κ1) is 60.2. The Hall–Kier alpha value is -0.790. The van der Waals surface area contributed by atoms with Gasteiger partial charge in [0.15, 0.2) is 0 Å². The average molecular weight is 858 g/mol. The Morgan fingerprint density at radius 1 is 0.262 bits per heavy atom. The molecular formula is C59H116O2. The fourth-order valence-corrected chi connectivity index (χ4v) is 9.69. The second-order valence-electron chi connectivity index (χ2n) is 20.1. The second kappa shape index (κ2) is 57.2. The molecule has 0 spiro atoms. The molecular weight excluding hydrogens is 741 g/mol. The molecule has 0 aromatic rings. The van der Waals surface area contributed by atoms with Gasteiger partial charge in [0.2, 0.25) is 0 Å². The Morgan fingerprint density at radius 2 is 0.393 bits per heavy atom. The lowest BCUT2D eigenvalue weighted by molar-refractivity contribution is -0.138. The van der Waals surface area contributed by atoms with Crippen molar-refractivity contribution in [1.29, 1.82) is 0 Å². The number of unbranched alkanes of at least 4 members (excludes halogenated alkanes) is 53. The third kappa shape index (κ3) is 57.2. The van der Waals surface area contributed by atoms with E-state index in [1.807, 2.05) is 0 Å². The molecule has 0 aromatic heterocycles. The molecule has 0 unspecified atom stereocenters. The fraction of sp³-hybridized carbons (Fsp3) is 0.949. The number of carbonyl (C=O) groups is 1. The van der Waals surface area contributed by atoms with Gasteiger partial charge in [0.25, 0.3) is 0 Å². The van der Waals surface area contributed by atoms with E-state index in [4.69, 9.17) is 4.74 Å². The van der Waals surface area contributed by atoms with Crippen LogP contribution in [0.25, 0.3) is 0 Å². The van der Waals surface area contributed by atoms with Crippen LogP contribution in [0.5, 0.6) is 0 Å². The van der Waals surface area contributed by atoms with Crippen LogP contribution in [-0.4, -0.2) is 5.97 Å². The Kier molecular flexibility index (Phi) is 56.5. The zero-order valence-corrected chi connectivity index (χ0v) is 42.5. The maximum absolute atomic E-state index is 11.3. The van der Waals surface area contributed by atoms with Gasteiger partial charge in [0.1, 0.15) is 0 Å². The topological polar surface area (TPSA) is 26.3 Å². The summed E-state index contributed by atoms with van der Waals surface area (Å²) >= 11 is 0. The average Bonchev–Trinajstić information content (AvgIpc) is 3.26. The van der Waals surface area contributed by atoms with E-state index in [-0.39, 0.29) is 5.97 Å². The summed E-state index contributed by atoms with van der Waals surface area (Å²) in [6.07, 6.45) is 80.0. The molecule has 0 N–H and O–H groups in total. The van der Waals surface area contributed by atoms with Crippen molar-refractivity contribution in [2.75, 3.05) is 0 Å². The Balaban J connectivity index is 3.07. The predicted molar refractivity (Wildman–Crippen MR) is 276 cm³/mol. The number of carbonyl (C=O) groups excluding carboxylic acids is 1. The van der Waals surface area contributed by atoms with Crippen LogP contribution in [-0.2, 0) is 9.53 Å². The molecule has 0 saturated carbocycles. The Labute approximate surface area is 386 Å². The van der Waals surface area contributed by atoms with Crippen molar-refractivity contribution in [2.45, 2.75) is 360 Å². The Morgan fingerprint density at radius 3 is 0.525 bits per heavy atom. The van der Waals surface area contributed by atoms with Crippen LogP contribution in [0, 0.1) is 0 Å². The molecule has 61 heavy (non-hydrogen) atoms. The minimum Gasteiger partial charge on any atom is -0.435 e. The van der Waals surface area contributed by atoms with Crippen LogP contribution >= 0.6 is 0 Å². The highest BCUT2D eigenvalue weighted by Gasteiger charge is 2.01. The maximum Gasteiger partial charge on any atom is 0.310 e. The van der Waals surface area contributed by atoms with Crippen LogP contribution < -0.4 is 0 Å². The number of hydrogen-bond acceptors (Lipinski definition) is 2. The van der Waals surface area contributed by atoms with Gasteiger partial charge in [-0.05, 0) is 6.42 Å². The molecule has 0 amide bonds. The summed E-state index contributed by atoms with van der Waals surface area (Å²) in [7, 11) is 0. The first-order valence-corrected chi connectivity index (χ1v) is 29.1. The van der Waals surface area contributed by atoms with Crippen LogP contribution in [0.3, 0.4) is 0 Å². The second-order valence-corrected chi connectivity index (χ2v) is 20.1. The van der Waals surface area contributed by atoms with Gasteiger partial charge in [0, 0.05) is 6.42 Å². The molecule has 0 aliphatic rings. The van der Waals surface area contributed by atoms with Crippen molar-refractivity contribution >= 4 is 5.97 Å². The van der Waals surface area contributed by atoms with Crippen molar-refractivity contribution in [3.63, 3.8) is 0 Å². The van der Waals surface area contributed by atoms with E-state index in [0.717, 1.165) is 12.8 Å². The molecule has 0 fully saturated rings. The van der Waals surface area contributed by atoms with Crippen LogP contribution in [0.2, 0.25) is 0 Å². The first-order chi connectivity index (χ1) is 30.3. The molecule has 364 valence electrons. The van der Waals surface area contributed by atoms with E-state index in [1.165, 1.54) is 340 Å². The van der Waals surface area contributed by atoms with Gasteiger partial charge in [0.05, 0.1) is 6.26 Å². The summed E-state index contributed by atoms with van der Waals surface area (Å²) in [4.78, 5) is 11.3. The maximum atomic E-state index is 11.3. The zero-order valence-electron chi connectivity index (χ0n) is 42.5. The molecule has 0 aromatic carbocycles. The highest BCUT2D eigenvalue weighted by atomic mass is 16.5. The largest absolute Gasteiger partial charge is 0.435 e. The molecule has 0 heterocycles. The molecule has 0 aliphatic heterocycles. The van der Waals surface area contributed by atoms with Gasteiger partial charge < -0.3 is 4.74 Å². The molecule has 0 aliphatic carbocycles. The molecule has 0 rings (SSSR count). The third-order valence-electron chi connectivity index (χ3n) is 13.9. The summed E-state index contributed by atoms with van der Waals surface area (Å²) in [5, 5.41) is 0.